The van der Waals surface area contributed by atoms with E-state index in [1.54, 1.807) is 0 Å². The minimum absolute atomic E-state index is 0.124. The fourth-order valence-electron chi connectivity index (χ4n) is 10.0. The molecule has 2 spiro atoms. The van der Waals surface area contributed by atoms with Gasteiger partial charge in [-0.25, -0.2) is 0 Å². The Bertz CT molecular complexity index is 1320. The molecule has 8 heteroatoms. The maximum Gasteiger partial charge on any atom is 0.306 e. The van der Waals surface area contributed by atoms with Crippen molar-refractivity contribution >= 4 is 5.97 Å². The van der Waals surface area contributed by atoms with Crippen LogP contribution in [0.2, 0.25) is 0 Å². The molecule has 0 amide bonds. The number of aliphatic carboxylic acids is 1. The summed E-state index contributed by atoms with van der Waals surface area (Å²) in [5.41, 5.74) is 4.08. The van der Waals surface area contributed by atoms with E-state index in [0.717, 1.165) is 31.5 Å². The molecule has 8 nitrogen and oxygen atoms in total. The van der Waals surface area contributed by atoms with Crippen LogP contribution in [-0.4, -0.2) is 142 Å². The zero-order chi connectivity index (χ0) is 53.3. The van der Waals surface area contributed by atoms with Crippen molar-refractivity contribution in [3.05, 3.63) is 0 Å². The monoisotopic (exact) mass is 976 g/mol. The van der Waals surface area contributed by atoms with Crippen LogP contribution < -0.4 is 0 Å². The van der Waals surface area contributed by atoms with Crippen LogP contribution in [0.5, 0.6) is 0 Å². The predicted octanol–water partition coefficient (Wildman–Crippen LogP) is 15.2. The van der Waals surface area contributed by atoms with Crippen molar-refractivity contribution in [2.24, 2.45) is 27.6 Å². The molecule has 0 bridgehead atoms. The van der Waals surface area contributed by atoms with Crippen LogP contribution in [0.3, 0.4) is 0 Å². The first-order valence-corrected chi connectivity index (χ1v) is 28.8. The van der Waals surface area contributed by atoms with Crippen LogP contribution in [0.4, 0.5) is 0 Å². The summed E-state index contributed by atoms with van der Waals surface area (Å²) in [6.45, 7) is 66.8. The molecule has 0 aromatic carbocycles. The zero-order valence-corrected chi connectivity index (χ0v) is 51.2. The molecule has 7 rings (SSSR count). The van der Waals surface area contributed by atoms with Gasteiger partial charge < -0.3 is 9.84 Å². The number of carboxylic acids is 1. The fraction of sp³-hybridized carbons (Fsp3) is 0.984. The summed E-state index contributed by atoms with van der Waals surface area (Å²) < 4.78 is 5.21. The van der Waals surface area contributed by atoms with Gasteiger partial charge >= 0.3 is 5.97 Å². The molecule has 0 aromatic rings. The second-order valence-electron chi connectivity index (χ2n) is 30.2. The molecular weight excluding hydrogens is 851 g/mol. The van der Waals surface area contributed by atoms with Crippen molar-refractivity contribution in [3.8, 4) is 0 Å². The molecule has 7 fully saturated rings. The molecule has 6 aliphatic heterocycles. The third-order valence-electron chi connectivity index (χ3n) is 15.6. The number of unbranched alkanes of at least 4 members (excludes halogenated alkanes) is 2. The Balaban J connectivity index is 0.000000404. The van der Waals surface area contributed by atoms with Gasteiger partial charge in [0.15, 0.2) is 0 Å². The van der Waals surface area contributed by atoms with Gasteiger partial charge in [0.25, 0.3) is 0 Å². The molecule has 1 N–H and O–H groups in total. The average Bonchev–Trinajstić information content (AvgIpc) is 3.63. The molecule has 7 aliphatic rings. The van der Waals surface area contributed by atoms with Gasteiger partial charge in [-0.15, -0.1) is 0 Å². The lowest BCUT2D eigenvalue weighted by Crippen LogP contribution is -2.69. The number of carboxylic acid groups (broad SMARTS) is 1. The quantitative estimate of drug-likeness (QED) is 0.264. The highest BCUT2D eigenvalue weighted by Gasteiger charge is 2.52. The summed E-state index contributed by atoms with van der Waals surface area (Å²) >= 11 is 0. The van der Waals surface area contributed by atoms with Crippen molar-refractivity contribution < 1.29 is 14.6 Å². The van der Waals surface area contributed by atoms with Crippen LogP contribution in [0, 0.1) is 27.6 Å². The van der Waals surface area contributed by atoms with Gasteiger partial charge in [-0.2, -0.15) is 0 Å². The molecule has 6 saturated heterocycles. The van der Waals surface area contributed by atoms with Crippen molar-refractivity contribution in [1.82, 2.24) is 24.5 Å². The number of piperidine rings is 1. The first-order chi connectivity index (χ1) is 31.3. The van der Waals surface area contributed by atoms with Gasteiger partial charge in [0.05, 0.1) is 19.1 Å². The topological polar surface area (TPSA) is 62.7 Å². The first kappa shape index (κ1) is 66.2. The van der Waals surface area contributed by atoms with Crippen LogP contribution in [0.15, 0.2) is 0 Å². The summed E-state index contributed by atoms with van der Waals surface area (Å²) in [7, 11) is 0. The highest BCUT2D eigenvalue weighted by atomic mass is 16.5. The fourth-order valence-corrected chi connectivity index (χ4v) is 10.0. The number of likely N-dealkylation sites (tertiary alicyclic amines) is 5. The molecule has 0 radical (unpaired) electrons. The SMILES string of the molecule is CC(C)(C)N1CC2(CCC2)C1.CC(C)(C)N1CC2(COC2)C1.CC(C)(C)N1CCC1.CC(C)(C)N1CCCC1.CC(C)(C)N1CCCCC1.CCC(CC(C)(C)C)C(=O)O.CCCCCC(C)(C)C. The molecule has 412 valence electrons. The Morgan fingerprint density at radius 2 is 0.812 bits per heavy atom. The van der Waals surface area contributed by atoms with Crippen LogP contribution in [-0.2, 0) is 9.53 Å². The van der Waals surface area contributed by atoms with E-state index in [0.29, 0.717) is 38.5 Å². The first-order valence-electron chi connectivity index (χ1n) is 28.8. The molecule has 1 saturated carbocycles. The second-order valence-corrected chi connectivity index (χ2v) is 30.2. The van der Waals surface area contributed by atoms with E-state index in [1.165, 1.54) is 149 Å². The lowest BCUT2D eigenvalue weighted by atomic mass is 9.62. The molecule has 1 aliphatic carbocycles. The lowest BCUT2D eigenvalue weighted by molar-refractivity contribution is -0.207. The Hall–Kier alpha value is -0.770. The Labute approximate surface area is 432 Å². The van der Waals surface area contributed by atoms with Crippen LogP contribution in [0.1, 0.15) is 256 Å². The number of carbonyl (C=O) groups is 1. The summed E-state index contributed by atoms with van der Waals surface area (Å²) in [5.74, 6) is -0.836. The Morgan fingerprint density at radius 3 is 1.00 bits per heavy atom. The third kappa shape index (κ3) is 26.8. The van der Waals surface area contributed by atoms with E-state index in [1.807, 2.05) is 6.92 Å². The van der Waals surface area contributed by atoms with E-state index >= 15 is 0 Å². The Kier molecular flexibility index (Phi) is 27.1. The molecule has 1 unspecified atom stereocenters. The highest BCUT2D eigenvalue weighted by molar-refractivity contribution is 5.69. The van der Waals surface area contributed by atoms with E-state index in [-0.39, 0.29) is 11.3 Å². The summed E-state index contributed by atoms with van der Waals surface area (Å²) in [6, 6.07) is 0. The third-order valence-corrected chi connectivity index (χ3v) is 15.6. The maximum atomic E-state index is 10.6. The van der Waals surface area contributed by atoms with Crippen molar-refractivity contribution in [2.45, 2.75) is 283 Å². The minimum Gasteiger partial charge on any atom is -0.481 e. The largest absolute Gasteiger partial charge is 0.481 e. The molecule has 69 heavy (non-hydrogen) atoms. The average molecular weight is 977 g/mol. The van der Waals surface area contributed by atoms with Crippen molar-refractivity contribution in [3.63, 3.8) is 0 Å². The number of hydrogen-bond donors (Lipinski definition) is 1. The molecule has 6 heterocycles. The summed E-state index contributed by atoms with van der Waals surface area (Å²) in [4.78, 5) is 23.4. The van der Waals surface area contributed by atoms with E-state index in [4.69, 9.17) is 9.84 Å². The summed E-state index contributed by atoms with van der Waals surface area (Å²) in [5, 5.41) is 8.74. The number of hydrogen-bond acceptors (Lipinski definition) is 7. The lowest BCUT2D eigenvalue weighted by Gasteiger charge is -2.60. The van der Waals surface area contributed by atoms with Crippen LogP contribution in [0.25, 0.3) is 0 Å². The highest BCUT2D eigenvalue weighted by Crippen LogP contribution is 2.50. The molecule has 0 aromatic heterocycles. The standard InChI is InChI=1S/C10H19N.C9H17NO.C9H19N.C9H18O2.C9H20.C8H17N.C7H15N/c1-9(2,3)11-7-10(8-11)5-4-6-10;1-8(2,3)10-4-9(5-10)6-11-7-9;1-9(2,3)10-7-5-4-6-8-10;1-5-7(8(10)11)6-9(2,3)4;1-5-6-7-8-9(2,3)4;1-8(2,3)9-6-4-5-7-9;1-7(2,3)8-5-4-6-8/h4-8H2,1-3H3;4-7H2,1-3H3;4-8H2,1-3H3;7H,5-6H2,1-4H3,(H,10,11);5-8H2,1-4H3;4-7H2,1-3H3;4-6H2,1-3H3. The van der Waals surface area contributed by atoms with Gasteiger partial charge in [0, 0.05) is 59.3 Å². The van der Waals surface area contributed by atoms with Gasteiger partial charge in [0.1, 0.15) is 0 Å². The number of nitrogens with zero attached hydrogens (tertiary/aromatic N) is 5. The molecule has 1 atom stereocenters. The van der Waals surface area contributed by atoms with E-state index in [2.05, 4.69) is 177 Å². The Morgan fingerprint density at radius 1 is 0.464 bits per heavy atom. The maximum absolute atomic E-state index is 10.6. The van der Waals surface area contributed by atoms with Crippen molar-refractivity contribution in [1.29, 1.82) is 0 Å². The number of ether oxygens (including phenoxy) is 1. The second kappa shape index (κ2) is 28.2. The number of rotatable bonds is 6. The normalized spacial score (nSPS) is 22.4. The summed E-state index contributed by atoms with van der Waals surface area (Å²) in [6.07, 6.45) is 19.9. The van der Waals surface area contributed by atoms with Gasteiger partial charge in [-0.3, -0.25) is 29.3 Å². The minimum atomic E-state index is -0.664. The van der Waals surface area contributed by atoms with Gasteiger partial charge in [-0.05, 0) is 224 Å². The van der Waals surface area contributed by atoms with Gasteiger partial charge in [-0.1, -0.05) is 87.5 Å². The molecular formula is C61H125N5O3. The smallest absolute Gasteiger partial charge is 0.306 e. The van der Waals surface area contributed by atoms with Crippen LogP contribution >= 0.6 is 0 Å². The van der Waals surface area contributed by atoms with Crippen molar-refractivity contribution in [2.75, 3.05) is 78.7 Å². The van der Waals surface area contributed by atoms with Gasteiger partial charge in [0.2, 0.25) is 0 Å². The van der Waals surface area contributed by atoms with E-state index < -0.39 is 5.97 Å². The van der Waals surface area contributed by atoms with E-state index in [9.17, 15) is 4.79 Å². The zero-order valence-electron chi connectivity index (χ0n) is 51.2. The predicted molar refractivity (Wildman–Crippen MR) is 303 cm³/mol.